The van der Waals surface area contributed by atoms with Crippen LogP contribution >= 0.6 is 0 Å². The smallest absolute Gasteiger partial charge is 0.303 e. The van der Waals surface area contributed by atoms with E-state index in [0.717, 1.165) is 17.7 Å². The maximum absolute atomic E-state index is 11.7. The van der Waals surface area contributed by atoms with Crippen molar-refractivity contribution in [2.45, 2.75) is 45.6 Å². The quantitative estimate of drug-likeness (QED) is 0.669. The van der Waals surface area contributed by atoms with E-state index < -0.39 is 5.97 Å². The molecular formula is C14H23N3O4. The largest absolute Gasteiger partial charge is 0.481 e. The molecule has 7 nitrogen and oxygen atoms in total. The van der Waals surface area contributed by atoms with Gasteiger partial charge in [-0.2, -0.15) is 5.10 Å². The molecule has 0 saturated heterocycles. The number of methoxy groups -OCH3 is 1. The van der Waals surface area contributed by atoms with Crippen molar-refractivity contribution in [2.75, 3.05) is 7.11 Å². The van der Waals surface area contributed by atoms with Crippen LogP contribution in [0.15, 0.2) is 0 Å². The molecule has 1 rings (SSSR count). The minimum atomic E-state index is -0.830. The number of hydrogen-bond donors (Lipinski definition) is 2. The van der Waals surface area contributed by atoms with Gasteiger partial charge in [0, 0.05) is 26.4 Å². The van der Waals surface area contributed by atoms with E-state index in [9.17, 15) is 9.59 Å². The molecule has 1 heterocycles. The molecule has 1 aromatic rings. The molecule has 0 aromatic carbocycles. The lowest BCUT2D eigenvalue weighted by atomic mass is 10.1. The summed E-state index contributed by atoms with van der Waals surface area (Å²) in [6, 6.07) is 0. The molecule has 118 valence electrons. The zero-order valence-electron chi connectivity index (χ0n) is 12.8. The maximum Gasteiger partial charge on any atom is 0.303 e. The van der Waals surface area contributed by atoms with Crippen LogP contribution in [-0.4, -0.2) is 33.9 Å². The fourth-order valence-corrected chi connectivity index (χ4v) is 2.16. The monoisotopic (exact) mass is 297 g/mol. The summed E-state index contributed by atoms with van der Waals surface area (Å²) >= 11 is 0. The predicted octanol–water partition coefficient (Wildman–Crippen LogP) is 1.25. The van der Waals surface area contributed by atoms with Gasteiger partial charge in [0.05, 0.1) is 18.4 Å². The number of hydrogen-bond acceptors (Lipinski definition) is 4. The third-order valence-corrected chi connectivity index (χ3v) is 3.21. The van der Waals surface area contributed by atoms with Crippen LogP contribution in [-0.2, 0) is 29.6 Å². The first-order valence-corrected chi connectivity index (χ1v) is 7.06. The van der Waals surface area contributed by atoms with Crippen LogP contribution in [0.5, 0.6) is 5.88 Å². The molecule has 0 aliphatic heterocycles. The van der Waals surface area contributed by atoms with Gasteiger partial charge in [-0.3, -0.25) is 9.59 Å². The molecule has 0 fully saturated rings. The van der Waals surface area contributed by atoms with Gasteiger partial charge in [0.2, 0.25) is 11.8 Å². The molecule has 1 aromatic heterocycles. The number of carbonyl (C=O) groups is 2. The van der Waals surface area contributed by atoms with Gasteiger partial charge < -0.3 is 15.2 Å². The molecule has 0 aliphatic carbocycles. The van der Waals surface area contributed by atoms with Gasteiger partial charge in [-0.15, -0.1) is 0 Å². The average molecular weight is 297 g/mol. The third kappa shape index (κ3) is 5.09. The molecule has 0 atom stereocenters. The fraction of sp³-hybridized carbons (Fsp3) is 0.643. The molecule has 21 heavy (non-hydrogen) atoms. The van der Waals surface area contributed by atoms with E-state index in [2.05, 4.69) is 10.4 Å². The lowest BCUT2D eigenvalue weighted by molar-refractivity contribution is -0.137. The van der Waals surface area contributed by atoms with E-state index in [4.69, 9.17) is 9.84 Å². The van der Waals surface area contributed by atoms with Gasteiger partial charge in [-0.05, 0) is 19.3 Å². The van der Waals surface area contributed by atoms with E-state index in [1.54, 1.807) is 18.8 Å². The van der Waals surface area contributed by atoms with E-state index >= 15 is 0 Å². The number of nitrogens with zero attached hydrogens (tertiary/aromatic N) is 2. The van der Waals surface area contributed by atoms with Crippen molar-refractivity contribution in [3.8, 4) is 5.88 Å². The number of carbonyl (C=O) groups excluding carboxylic acids is 1. The number of aliphatic carboxylic acids is 1. The van der Waals surface area contributed by atoms with E-state index in [1.807, 2.05) is 6.92 Å². The highest BCUT2D eigenvalue weighted by Crippen LogP contribution is 2.21. The molecule has 0 bridgehead atoms. The first-order valence-electron chi connectivity index (χ1n) is 7.06. The summed E-state index contributed by atoms with van der Waals surface area (Å²) in [7, 11) is 3.38. The van der Waals surface area contributed by atoms with E-state index in [-0.39, 0.29) is 12.3 Å². The zero-order chi connectivity index (χ0) is 15.8. The highest BCUT2D eigenvalue weighted by molar-refractivity contribution is 5.76. The molecule has 0 aliphatic rings. The summed E-state index contributed by atoms with van der Waals surface area (Å²) in [5, 5.41) is 15.7. The van der Waals surface area contributed by atoms with Crippen LogP contribution in [0.2, 0.25) is 0 Å². The normalized spacial score (nSPS) is 10.4. The van der Waals surface area contributed by atoms with Gasteiger partial charge >= 0.3 is 5.97 Å². The van der Waals surface area contributed by atoms with Crippen LogP contribution < -0.4 is 10.1 Å². The number of aryl methyl sites for hydroxylation is 2. The number of amides is 1. The lowest BCUT2D eigenvalue weighted by Crippen LogP contribution is -2.23. The second-order valence-electron chi connectivity index (χ2n) is 4.79. The Morgan fingerprint density at radius 3 is 2.57 bits per heavy atom. The van der Waals surface area contributed by atoms with Crippen molar-refractivity contribution >= 4 is 11.9 Å². The van der Waals surface area contributed by atoms with E-state index in [0.29, 0.717) is 31.7 Å². The topological polar surface area (TPSA) is 93.5 Å². The highest BCUT2D eigenvalue weighted by Gasteiger charge is 2.16. The first kappa shape index (κ1) is 17.0. The molecule has 0 unspecified atom stereocenters. The number of nitrogens with one attached hydrogen (secondary N) is 1. The molecule has 0 radical (unpaired) electrons. The number of carboxylic acid groups (broad SMARTS) is 1. The highest BCUT2D eigenvalue weighted by atomic mass is 16.5. The number of unbranched alkanes of at least 4 members (excludes halogenated alkanes) is 1. The van der Waals surface area contributed by atoms with Gasteiger partial charge in [0.25, 0.3) is 0 Å². The van der Waals surface area contributed by atoms with Crippen LogP contribution in [0.25, 0.3) is 0 Å². The van der Waals surface area contributed by atoms with Crippen molar-refractivity contribution in [1.29, 1.82) is 0 Å². The fourth-order valence-electron chi connectivity index (χ4n) is 2.16. The van der Waals surface area contributed by atoms with E-state index in [1.165, 1.54) is 0 Å². The summed E-state index contributed by atoms with van der Waals surface area (Å²) in [4.78, 5) is 22.1. The summed E-state index contributed by atoms with van der Waals surface area (Å²) < 4.78 is 6.96. The summed E-state index contributed by atoms with van der Waals surface area (Å²) in [6.07, 6.45) is 2.28. The second kappa shape index (κ2) is 8.28. The first-order chi connectivity index (χ1) is 9.99. The Morgan fingerprint density at radius 1 is 1.33 bits per heavy atom. The van der Waals surface area contributed by atoms with Crippen LogP contribution in [0.1, 0.15) is 43.9 Å². The Hall–Kier alpha value is -2.05. The summed E-state index contributed by atoms with van der Waals surface area (Å²) in [5.74, 6) is -0.269. The van der Waals surface area contributed by atoms with Crippen LogP contribution in [0.3, 0.4) is 0 Å². The molecule has 7 heteroatoms. The standard InChI is InChI=1S/C14H23N3O4/c1-4-11-10(14(21-3)17(2)16-11)9-15-12(18)7-5-6-8-13(19)20/h4-9H2,1-3H3,(H,15,18)(H,19,20). The second-order valence-corrected chi connectivity index (χ2v) is 4.79. The van der Waals surface area contributed by atoms with Crippen molar-refractivity contribution in [3.05, 3.63) is 11.3 Å². The Bertz CT molecular complexity index is 497. The molecule has 1 amide bonds. The van der Waals surface area contributed by atoms with Gasteiger partial charge in [-0.1, -0.05) is 6.92 Å². The Kier molecular flexibility index (Phi) is 6.71. The lowest BCUT2D eigenvalue weighted by Gasteiger charge is -2.07. The number of aromatic nitrogens is 2. The molecule has 0 saturated carbocycles. The predicted molar refractivity (Wildman–Crippen MR) is 77.1 cm³/mol. The van der Waals surface area contributed by atoms with Crippen molar-refractivity contribution in [2.24, 2.45) is 7.05 Å². The van der Waals surface area contributed by atoms with Gasteiger partial charge in [0.15, 0.2) is 0 Å². The average Bonchev–Trinajstić information content (AvgIpc) is 2.76. The van der Waals surface area contributed by atoms with Crippen molar-refractivity contribution < 1.29 is 19.4 Å². The molecule has 0 spiro atoms. The Balaban J connectivity index is 2.47. The molecular weight excluding hydrogens is 274 g/mol. The Labute approximate surface area is 124 Å². The van der Waals surface area contributed by atoms with Crippen molar-refractivity contribution in [1.82, 2.24) is 15.1 Å². The minimum absolute atomic E-state index is 0.0895. The molecule has 2 N–H and O–H groups in total. The van der Waals surface area contributed by atoms with Crippen LogP contribution in [0.4, 0.5) is 0 Å². The minimum Gasteiger partial charge on any atom is -0.481 e. The number of ether oxygens (including phenoxy) is 1. The zero-order valence-corrected chi connectivity index (χ0v) is 12.8. The number of rotatable bonds is 9. The van der Waals surface area contributed by atoms with Crippen LogP contribution in [0, 0.1) is 0 Å². The summed E-state index contributed by atoms with van der Waals surface area (Å²) in [5.41, 5.74) is 1.79. The number of carboxylic acids is 1. The third-order valence-electron chi connectivity index (χ3n) is 3.21. The SMILES string of the molecule is CCc1nn(C)c(OC)c1CNC(=O)CCCCC(=O)O. The Morgan fingerprint density at radius 2 is 2.00 bits per heavy atom. The maximum atomic E-state index is 11.7. The van der Waals surface area contributed by atoms with Crippen molar-refractivity contribution in [3.63, 3.8) is 0 Å². The van der Waals surface area contributed by atoms with Gasteiger partial charge in [-0.25, -0.2) is 4.68 Å². The summed E-state index contributed by atoms with van der Waals surface area (Å²) in [6.45, 7) is 2.37. The van der Waals surface area contributed by atoms with Gasteiger partial charge in [0.1, 0.15) is 0 Å².